The third-order valence-corrected chi connectivity index (χ3v) is 4.63. The Morgan fingerprint density at radius 2 is 1.65 bits per heavy atom. The Hall–Kier alpha value is -0.820. The lowest BCUT2D eigenvalue weighted by Gasteiger charge is -2.30. The molecule has 0 aliphatic heterocycles. The Morgan fingerprint density at radius 3 is 2.10 bits per heavy atom. The van der Waals surface area contributed by atoms with Crippen molar-refractivity contribution in [2.45, 2.75) is 71.1 Å². The maximum atomic E-state index is 11.6. The summed E-state index contributed by atoms with van der Waals surface area (Å²) in [5.74, 6) is 0.100. The summed E-state index contributed by atoms with van der Waals surface area (Å²) in [4.78, 5) is 11.6. The van der Waals surface area contributed by atoms with Gasteiger partial charge < -0.3 is 10.1 Å². The van der Waals surface area contributed by atoms with Crippen LogP contribution in [0.4, 0.5) is 4.79 Å². The molecule has 118 valence electrons. The van der Waals surface area contributed by atoms with E-state index in [9.17, 15) is 13.2 Å². The lowest BCUT2D eigenvalue weighted by Crippen LogP contribution is -2.45. The molecule has 0 bridgehead atoms. The second-order valence-corrected chi connectivity index (χ2v) is 8.26. The smallest absolute Gasteiger partial charge is 0.407 e. The molecule has 0 atom stereocenters. The second kappa shape index (κ2) is 6.76. The van der Waals surface area contributed by atoms with Crippen LogP contribution in [0.25, 0.3) is 0 Å². The number of nitrogens with one attached hydrogen (secondary N) is 2. The van der Waals surface area contributed by atoms with Crippen molar-refractivity contribution in [3.05, 3.63) is 0 Å². The number of rotatable bonds is 4. The molecule has 7 heteroatoms. The first kappa shape index (κ1) is 17.2. The van der Waals surface area contributed by atoms with Gasteiger partial charge in [0.15, 0.2) is 0 Å². The Morgan fingerprint density at radius 1 is 1.15 bits per heavy atom. The minimum atomic E-state index is -3.15. The summed E-state index contributed by atoms with van der Waals surface area (Å²) in [6.07, 6.45) is 2.58. The zero-order chi connectivity index (χ0) is 15.4. The van der Waals surface area contributed by atoms with Crippen LogP contribution in [0, 0.1) is 0 Å². The van der Waals surface area contributed by atoms with E-state index in [0.29, 0.717) is 0 Å². The third kappa shape index (κ3) is 6.56. The van der Waals surface area contributed by atoms with Crippen molar-refractivity contribution in [3.8, 4) is 0 Å². The van der Waals surface area contributed by atoms with Gasteiger partial charge in [0.25, 0.3) is 0 Å². The topological polar surface area (TPSA) is 84.5 Å². The average molecular weight is 306 g/mol. The summed E-state index contributed by atoms with van der Waals surface area (Å²) in [7, 11) is -3.15. The van der Waals surface area contributed by atoms with E-state index in [4.69, 9.17) is 4.74 Å². The Balaban J connectivity index is 2.34. The summed E-state index contributed by atoms with van der Waals surface area (Å²) in [5, 5.41) is 2.83. The molecular weight excluding hydrogens is 280 g/mol. The first-order valence-corrected chi connectivity index (χ1v) is 8.76. The van der Waals surface area contributed by atoms with Crippen molar-refractivity contribution in [1.82, 2.24) is 10.0 Å². The van der Waals surface area contributed by atoms with E-state index >= 15 is 0 Å². The van der Waals surface area contributed by atoms with Crippen molar-refractivity contribution >= 4 is 16.1 Å². The van der Waals surface area contributed by atoms with Gasteiger partial charge in [0.1, 0.15) is 5.60 Å². The molecule has 0 aromatic heterocycles. The highest BCUT2D eigenvalue weighted by Crippen LogP contribution is 2.20. The van der Waals surface area contributed by atoms with Crippen molar-refractivity contribution in [1.29, 1.82) is 0 Å². The monoisotopic (exact) mass is 306 g/mol. The number of alkyl carbamates (subject to hydrolysis) is 1. The maximum absolute atomic E-state index is 11.6. The van der Waals surface area contributed by atoms with Gasteiger partial charge in [-0.05, 0) is 53.4 Å². The molecule has 0 unspecified atom stereocenters. The highest BCUT2D eigenvalue weighted by Gasteiger charge is 2.26. The second-order valence-electron chi connectivity index (χ2n) is 6.22. The highest BCUT2D eigenvalue weighted by atomic mass is 32.2. The van der Waals surface area contributed by atoms with Crippen LogP contribution in [0.3, 0.4) is 0 Å². The van der Waals surface area contributed by atoms with E-state index in [1.54, 1.807) is 6.92 Å². The van der Waals surface area contributed by atoms with Gasteiger partial charge in [-0.1, -0.05) is 0 Å². The number of carbonyl (C=O) groups excluding carboxylic acids is 1. The third-order valence-electron chi connectivity index (χ3n) is 3.17. The molecule has 2 N–H and O–H groups in total. The SMILES string of the molecule is CCS(=O)(=O)NC1CCC(NC(=O)OC(C)(C)C)CC1. The van der Waals surface area contributed by atoms with Gasteiger partial charge in [-0.15, -0.1) is 0 Å². The van der Waals surface area contributed by atoms with Crippen LogP contribution in [-0.4, -0.2) is 37.9 Å². The van der Waals surface area contributed by atoms with Gasteiger partial charge in [0.05, 0.1) is 5.75 Å². The van der Waals surface area contributed by atoms with Crippen molar-refractivity contribution < 1.29 is 17.9 Å². The summed E-state index contributed by atoms with van der Waals surface area (Å²) in [6.45, 7) is 7.09. The normalized spacial score (nSPS) is 24.2. The minimum absolute atomic E-state index is 0.0170. The van der Waals surface area contributed by atoms with Gasteiger partial charge in [0.2, 0.25) is 10.0 Å². The maximum Gasteiger partial charge on any atom is 0.407 e. The molecule has 0 heterocycles. The average Bonchev–Trinajstić information content (AvgIpc) is 2.29. The Kier molecular flexibility index (Phi) is 5.82. The number of hydrogen-bond donors (Lipinski definition) is 2. The van der Waals surface area contributed by atoms with Gasteiger partial charge in [-0.2, -0.15) is 0 Å². The largest absolute Gasteiger partial charge is 0.444 e. The van der Waals surface area contributed by atoms with Gasteiger partial charge in [-0.3, -0.25) is 0 Å². The summed E-state index contributed by atoms with van der Waals surface area (Å²) < 4.78 is 30.9. The summed E-state index contributed by atoms with van der Waals surface area (Å²) in [5.41, 5.74) is -0.502. The molecule has 0 aromatic carbocycles. The number of hydrogen-bond acceptors (Lipinski definition) is 4. The molecule has 1 rings (SSSR count). The van der Waals surface area contributed by atoms with E-state index in [1.165, 1.54) is 0 Å². The Bertz CT molecular complexity index is 420. The van der Waals surface area contributed by atoms with Crippen LogP contribution in [0.2, 0.25) is 0 Å². The van der Waals surface area contributed by atoms with Crippen LogP contribution in [0.15, 0.2) is 0 Å². The molecule has 0 radical (unpaired) electrons. The first-order valence-electron chi connectivity index (χ1n) is 7.11. The molecule has 1 fully saturated rings. The summed E-state index contributed by atoms with van der Waals surface area (Å²) in [6, 6.07) is 0.0452. The minimum Gasteiger partial charge on any atom is -0.444 e. The number of amides is 1. The lowest BCUT2D eigenvalue weighted by molar-refractivity contribution is 0.0490. The van der Waals surface area contributed by atoms with Crippen molar-refractivity contribution in [2.75, 3.05) is 5.75 Å². The standard InChI is InChI=1S/C13H26N2O4S/c1-5-20(17,18)15-11-8-6-10(7-9-11)14-12(16)19-13(2,3)4/h10-11,15H,5-9H2,1-4H3,(H,14,16). The van der Waals surface area contributed by atoms with Crippen molar-refractivity contribution in [2.24, 2.45) is 0 Å². The van der Waals surface area contributed by atoms with E-state index < -0.39 is 21.7 Å². The molecule has 1 aliphatic carbocycles. The van der Waals surface area contributed by atoms with Crippen molar-refractivity contribution in [3.63, 3.8) is 0 Å². The van der Waals surface area contributed by atoms with Gasteiger partial charge in [0, 0.05) is 12.1 Å². The predicted molar refractivity (Wildman–Crippen MR) is 78.0 cm³/mol. The zero-order valence-electron chi connectivity index (χ0n) is 12.7. The fourth-order valence-electron chi connectivity index (χ4n) is 2.17. The molecule has 1 saturated carbocycles. The highest BCUT2D eigenvalue weighted by molar-refractivity contribution is 7.89. The lowest BCUT2D eigenvalue weighted by atomic mass is 9.92. The molecular formula is C13H26N2O4S. The fraction of sp³-hybridized carbons (Fsp3) is 0.923. The summed E-state index contributed by atoms with van der Waals surface area (Å²) >= 11 is 0. The quantitative estimate of drug-likeness (QED) is 0.829. The molecule has 1 aliphatic rings. The van der Waals surface area contributed by atoms with E-state index in [0.717, 1.165) is 25.7 Å². The van der Waals surface area contributed by atoms with Gasteiger partial charge in [-0.25, -0.2) is 17.9 Å². The van der Waals surface area contributed by atoms with Crippen LogP contribution < -0.4 is 10.0 Å². The van der Waals surface area contributed by atoms with Crippen LogP contribution in [0.1, 0.15) is 53.4 Å². The predicted octanol–water partition coefficient (Wildman–Crippen LogP) is 1.76. The number of sulfonamides is 1. The molecule has 6 nitrogen and oxygen atoms in total. The number of ether oxygens (including phenoxy) is 1. The Labute approximate surface area is 121 Å². The fourth-order valence-corrected chi connectivity index (χ4v) is 3.08. The molecule has 0 saturated heterocycles. The molecule has 0 spiro atoms. The van der Waals surface area contributed by atoms with E-state index in [2.05, 4.69) is 10.0 Å². The first-order chi connectivity index (χ1) is 9.11. The van der Waals surface area contributed by atoms with Gasteiger partial charge >= 0.3 is 6.09 Å². The number of carbonyl (C=O) groups is 1. The zero-order valence-corrected chi connectivity index (χ0v) is 13.5. The van der Waals surface area contributed by atoms with E-state index in [1.807, 2.05) is 20.8 Å². The molecule has 0 aromatic rings. The molecule has 1 amide bonds. The van der Waals surface area contributed by atoms with Crippen LogP contribution in [0.5, 0.6) is 0 Å². The van der Waals surface area contributed by atoms with E-state index in [-0.39, 0.29) is 17.8 Å². The van der Waals surface area contributed by atoms with Crippen LogP contribution in [-0.2, 0) is 14.8 Å². The molecule has 20 heavy (non-hydrogen) atoms. The van der Waals surface area contributed by atoms with Crippen LogP contribution >= 0.6 is 0 Å².